The van der Waals surface area contributed by atoms with Crippen LogP contribution in [0.4, 0.5) is 0 Å². The summed E-state index contributed by atoms with van der Waals surface area (Å²) >= 11 is 1.63. The second kappa shape index (κ2) is 6.21. The van der Waals surface area contributed by atoms with Crippen LogP contribution >= 0.6 is 11.3 Å². The molecule has 0 aliphatic heterocycles. The Labute approximate surface area is 110 Å². The first-order chi connectivity index (χ1) is 8.78. The molecule has 2 rings (SSSR count). The average molecular weight is 262 g/mol. The number of rotatable bonds is 5. The molecule has 0 aliphatic rings. The van der Waals surface area contributed by atoms with Crippen LogP contribution in [0.5, 0.6) is 11.5 Å². The zero-order chi connectivity index (χ0) is 12.8. The van der Waals surface area contributed by atoms with E-state index in [9.17, 15) is 4.79 Å². The second-order valence-corrected chi connectivity index (χ2v) is 4.56. The Kier molecular flexibility index (Phi) is 4.36. The predicted molar refractivity (Wildman–Crippen MR) is 71.3 cm³/mol. The number of carbonyl (C=O) groups excluding carboxylic acids is 1. The van der Waals surface area contributed by atoms with Gasteiger partial charge >= 0.3 is 5.97 Å². The van der Waals surface area contributed by atoms with Crippen molar-refractivity contribution in [2.24, 2.45) is 0 Å². The number of ether oxygens (including phenoxy) is 2. The lowest BCUT2D eigenvalue weighted by Crippen LogP contribution is -2.08. The van der Waals surface area contributed by atoms with Gasteiger partial charge in [-0.25, -0.2) is 0 Å². The van der Waals surface area contributed by atoms with Crippen molar-refractivity contribution in [3.8, 4) is 11.5 Å². The van der Waals surface area contributed by atoms with Crippen LogP contribution in [0.15, 0.2) is 41.1 Å². The van der Waals surface area contributed by atoms with Crippen LogP contribution in [0.1, 0.15) is 12.0 Å². The molecule has 1 heterocycles. The van der Waals surface area contributed by atoms with Crippen LogP contribution in [-0.2, 0) is 11.2 Å². The van der Waals surface area contributed by atoms with Crippen molar-refractivity contribution in [1.82, 2.24) is 0 Å². The van der Waals surface area contributed by atoms with Crippen molar-refractivity contribution in [3.63, 3.8) is 0 Å². The highest BCUT2D eigenvalue weighted by molar-refractivity contribution is 7.07. The van der Waals surface area contributed by atoms with Crippen LogP contribution in [0.3, 0.4) is 0 Å². The predicted octanol–water partition coefficient (Wildman–Crippen LogP) is 3.29. The molecule has 1 aromatic heterocycles. The van der Waals surface area contributed by atoms with Gasteiger partial charge in [0.05, 0.1) is 13.5 Å². The summed E-state index contributed by atoms with van der Waals surface area (Å²) in [6.45, 7) is 0. The van der Waals surface area contributed by atoms with Crippen molar-refractivity contribution < 1.29 is 14.3 Å². The van der Waals surface area contributed by atoms with Crippen LogP contribution in [0.25, 0.3) is 0 Å². The Morgan fingerprint density at radius 2 is 1.89 bits per heavy atom. The van der Waals surface area contributed by atoms with Crippen LogP contribution in [0.2, 0.25) is 0 Å². The zero-order valence-electron chi connectivity index (χ0n) is 10.1. The lowest BCUT2D eigenvalue weighted by atomic mass is 10.2. The first-order valence-electron chi connectivity index (χ1n) is 5.64. The van der Waals surface area contributed by atoms with Gasteiger partial charge in [-0.3, -0.25) is 4.79 Å². The van der Waals surface area contributed by atoms with E-state index in [1.54, 1.807) is 42.7 Å². The van der Waals surface area contributed by atoms with Crippen molar-refractivity contribution in [2.75, 3.05) is 7.11 Å². The molecule has 0 bridgehead atoms. The van der Waals surface area contributed by atoms with E-state index < -0.39 is 0 Å². The normalized spacial score (nSPS) is 10.1. The molecular formula is C14H14O3S. The SMILES string of the molecule is COc1ccc(OC(=O)CCc2ccsc2)cc1. The lowest BCUT2D eigenvalue weighted by Gasteiger charge is -2.04. The second-order valence-electron chi connectivity index (χ2n) is 3.78. The summed E-state index contributed by atoms with van der Waals surface area (Å²) in [5.74, 6) is 1.07. The minimum absolute atomic E-state index is 0.216. The number of benzene rings is 1. The molecule has 3 nitrogen and oxygen atoms in total. The van der Waals surface area contributed by atoms with Crippen LogP contribution in [0, 0.1) is 0 Å². The van der Waals surface area contributed by atoms with Crippen molar-refractivity contribution in [2.45, 2.75) is 12.8 Å². The molecule has 2 aromatic rings. The maximum atomic E-state index is 11.6. The molecule has 0 aliphatic carbocycles. The van der Waals surface area contributed by atoms with Gasteiger partial charge in [0.15, 0.2) is 0 Å². The summed E-state index contributed by atoms with van der Waals surface area (Å²) in [5.41, 5.74) is 1.17. The Hall–Kier alpha value is -1.81. The molecule has 0 radical (unpaired) electrons. The molecule has 0 saturated carbocycles. The van der Waals surface area contributed by atoms with Gasteiger partial charge in [0, 0.05) is 0 Å². The highest BCUT2D eigenvalue weighted by Gasteiger charge is 2.05. The van der Waals surface area contributed by atoms with E-state index in [4.69, 9.17) is 9.47 Å². The van der Waals surface area contributed by atoms with E-state index in [1.165, 1.54) is 5.56 Å². The van der Waals surface area contributed by atoms with Crippen LogP contribution < -0.4 is 9.47 Å². The van der Waals surface area contributed by atoms with E-state index in [1.807, 2.05) is 16.8 Å². The Morgan fingerprint density at radius 1 is 1.17 bits per heavy atom. The summed E-state index contributed by atoms with van der Waals surface area (Å²) in [4.78, 5) is 11.6. The van der Waals surface area contributed by atoms with Crippen LogP contribution in [-0.4, -0.2) is 13.1 Å². The molecule has 4 heteroatoms. The highest BCUT2D eigenvalue weighted by atomic mass is 32.1. The number of carbonyl (C=O) groups is 1. The minimum Gasteiger partial charge on any atom is -0.497 e. The fourth-order valence-electron chi connectivity index (χ4n) is 1.51. The smallest absolute Gasteiger partial charge is 0.311 e. The maximum Gasteiger partial charge on any atom is 0.311 e. The van der Waals surface area contributed by atoms with Crippen molar-refractivity contribution in [1.29, 1.82) is 0 Å². The molecule has 0 spiro atoms. The van der Waals surface area contributed by atoms with Crippen molar-refractivity contribution in [3.05, 3.63) is 46.7 Å². The monoisotopic (exact) mass is 262 g/mol. The molecule has 0 unspecified atom stereocenters. The first-order valence-corrected chi connectivity index (χ1v) is 6.58. The molecule has 0 N–H and O–H groups in total. The molecular weight excluding hydrogens is 248 g/mol. The lowest BCUT2D eigenvalue weighted by molar-refractivity contribution is -0.134. The third kappa shape index (κ3) is 3.60. The van der Waals surface area contributed by atoms with E-state index in [2.05, 4.69) is 0 Å². The Bertz CT molecular complexity index is 488. The average Bonchev–Trinajstić information content (AvgIpc) is 2.90. The minimum atomic E-state index is -0.216. The van der Waals surface area contributed by atoms with Gasteiger partial charge in [0.25, 0.3) is 0 Å². The van der Waals surface area contributed by atoms with E-state index in [-0.39, 0.29) is 5.97 Å². The van der Waals surface area contributed by atoms with Gasteiger partial charge in [0.2, 0.25) is 0 Å². The number of esters is 1. The third-order valence-electron chi connectivity index (χ3n) is 2.49. The number of thiophene rings is 1. The molecule has 1 aromatic carbocycles. The van der Waals surface area contributed by atoms with Crippen molar-refractivity contribution >= 4 is 17.3 Å². The molecule has 0 fully saturated rings. The molecule has 18 heavy (non-hydrogen) atoms. The van der Waals surface area contributed by atoms with Gasteiger partial charge < -0.3 is 9.47 Å². The quantitative estimate of drug-likeness (QED) is 0.612. The highest BCUT2D eigenvalue weighted by Crippen LogP contribution is 2.18. The van der Waals surface area contributed by atoms with E-state index in [0.717, 1.165) is 12.2 Å². The molecule has 0 saturated heterocycles. The van der Waals surface area contributed by atoms with E-state index >= 15 is 0 Å². The fourth-order valence-corrected chi connectivity index (χ4v) is 2.21. The summed E-state index contributed by atoms with van der Waals surface area (Å²) in [6.07, 6.45) is 1.11. The number of hydrogen-bond donors (Lipinski definition) is 0. The van der Waals surface area contributed by atoms with Gasteiger partial charge in [-0.15, -0.1) is 0 Å². The maximum absolute atomic E-state index is 11.6. The fraction of sp³-hybridized carbons (Fsp3) is 0.214. The molecule has 0 atom stereocenters. The topological polar surface area (TPSA) is 35.5 Å². The summed E-state index contributed by atoms with van der Waals surface area (Å²) < 4.78 is 10.3. The Balaban J connectivity index is 1.83. The van der Waals surface area contributed by atoms with Gasteiger partial charge in [-0.05, 0) is 53.1 Å². The van der Waals surface area contributed by atoms with E-state index in [0.29, 0.717) is 12.2 Å². The number of hydrogen-bond acceptors (Lipinski definition) is 4. The standard InChI is InChI=1S/C14H14O3S/c1-16-12-3-5-13(6-4-12)17-14(15)7-2-11-8-9-18-10-11/h3-6,8-10H,2,7H2,1H3. The first kappa shape index (κ1) is 12.6. The van der Waals surface area contributed by atoms with Gasteiger partial charge in [0.1, 0.15) is 11.5 Å². The number of methoxy groups -OCH3 is 1. The number of aryl methyl sites for hydroxylation is 1. The molecule has 0 amide bonds. The van der Waals surface area contributed by atoms with Gasteiger partial charge in [-0.1, -0.05) is 0 Å². The summed E-state index contributed by atoms with van der Waals surface area (Å²) in [7, 11) is 1.60. The zero-order valence-corrected chi connectivity index (χ0v) is 10.9. The van der Waals surface area contributed by atoms with Gasteiger partial charge in [-0.2, -0.15) is 11.3 Å². The summed E-state index contributed by atoms with van der Waals surface area (Å²) in [6, 6.07) is 9.00. The largest absolute Gasteiger partial charge is 0.497 e. The Morgan fingerprint density at radius 3 is 2.50 bits per heavy atom. The molecule has 94 valence electrons. The summed E-state index contributed by atoms with van der Waals surface area (Å²) in [5, 5.41) is 4.05. The third-order valence-corrected chi connectivity index (χ3v) is 3.22.